The molecule has 0 rings (SSSR count). The largest absolute Gasteiger partial charge is 0.463 e. The first-order chi connectivity index (χ1) is 5.20. The van der Waals surface area contributed by atoms with Crippen LogP contribution in [0, 0.1) is 0 Å². The predicted molar refractivity (Wildman–Crippen MR) is 48.5 cm³/mol. The van der Waals surface area contributed by atoms with Crippen LogP contribution in [-0.4, -0.2) is 12.6 Å². The number of hydrogen-bond acceptors (Lipinski definition) is 2. The van der Waals surface area contributed by atoms with Crippen molar-refractivity contribution in [3.63, 3.8) is 0 Å². The third kappa shape index (κ3) is 5.85. The highest BCUT2D eigenvalue weighted by Gasteiger charge is 1.91. The van der Waals surface area contributed by atoms with Crippen LogP contribution in [0.2, 0.25) is 0 Å². The van der Waals surface area contributed by atoms with Gasteiger partial charge < -0.3 is 4.74 Å². The normalized spacial score (nSPS) is 12.1. The Kier molecular flexibility index (Phi) is 5.84. The van der Waals surface area contributed by atoms with Gasteiger partial charge in [-0.2, -0.15) is 0 Å². The number of carbonyl (C=O) groups excluding carboxylic acids is 1. The molecule has 0 unspecified atom stereocenters. The van der Waals surface area contributed by atoms with Crippen LogP contribution in [0.25, 0.3) is 0 Å². The number of hydrogen-bond donors (Lipinski definition) is 0. The average Bonchev–Trinajstić information content (AvgIpc) is 2.01. The van der Waals surface area contributed by atoms with E-state index in [1.54, 1.807) is 13.0 Å². The molecule has 0 radical (unpaired) electrons. The second-order valence-corrected chi connectivity index (χ2v) is 2.67. The van der Waals surface area contributed by atoms with Crippen LogP contribution in [-0.2, 0) is 9.53 Å². The van der Waals surface area contributed by atoms with Crippen molar-refractivity contribution in [3.05, 3.63) is 22.7 Å². The van der Waals surface area contributed by atoms with Gasteiger partial charge in [0.05, 0.1) is 6.61 Å². The Bertz CT molecular complexity index is 183. The summed E-state index contributed by atoms with van der Waals surface area (Å²) in [5, 5.41) is 0. The molecular weight excluding hydrogens is 208 g/mol. The molecule has 0 spiro atoms. The summed E-state index contributed by atoms with van der Waals surface area (Å²) in [6.45, 7) is 4.06. The predicted octanol–water partition coefficient (Wildman–Crippen LogP) is 2.40. The van der Waals surface area contributed by atoms with E-state index in [1.165, 1.54) is 6.08 Å². The number of halogens is 1. The number of esters is 1. The summed E-state index contributed by atoms with van der Waals surface area (Å²) in [4.78, 5) is 10.7. The zero-order chi connectivity index (χ0) is 8.69. The van der Waals surface area contributed by atoms with Gasteiger partial charge in [0.15, 0.2) is 0 Å². The Labute approximate surface area is 75.1 Å². The van der Waals surface area contributed by atoms with Crippen molar-refractivity contribution in [3.8, 4) is 0 Å². The molecule has 2 nitrogen and oxygen atoms in total. The van der Waals surface area contributed by atoms with E-state index in [2.05, 4.69) is 20.7 Å². The molecule has 0 amide bonds. The van der Waals surface area contributed by atoms with E-state index >= 15 is 0 Å². The molecule has 0 aliphatic carbocycles. The molecule has 0 atom stereocenters. The Morgan fingerprint density at radius 3 is 2.64 bits per heavy atom. The summed E-state index contributed by atoms with van der Waals surface area (Å²) in [5.74, 6) is -0.314. The lowest BCUT2D eigenvalue weighted by molar-refractivity contribution is -0.137. The first kappa shape index (κ1) is 10.4. The topological polar surface area (TPSA) is 26.3 Å². The minimum atomic E-state index is -0.314. The Balaban J connectivity index is 3.83. The smallest absolute Gasteiger partial charge is 0.330 e. The molecule has 0 heterocycles. The number of ether oxygens (including phenoxy) is 1. The number of allylic oxidation sites excluding steroid dienone is 3. The van der Waals surface area contributed by atoms with Crippen LogP contribution in [0.1, 0.15) is 13.8 Å². The number of rotatable bonds is 3. The van der Waals surface area contributed by atoms with Crippen molar-refractivity contribution in [1.29, 1.82) is 0 Å². The van der Waals surface area contributed by atoms with Crippen LogP contribution in [0.15, 0.2) is 22.7 Å². The second kappa shape index (κ2) is 6.16. The Morgan fingerprint density at radius 2 is 2.18 bits per heavy atom. The molecule has 11 heavy (non-hydrogen) atoms. The SMILES string of the molecule is CC=C(Br)C=CC(=O)OCC. The van der Waals surface area contributed by atoms with Gasteiger partial charge in [-0.1, -0.05) is 22.0 Å². The second-order valence-electron chi connectivity index (χ2n) is 1.76. The highest BCUT2D eigenvalue weighted by atomic mass is 79.9. The Hall–Kier alpha value is -0.570. The Morgan fingerprint density at radius 1 is 1.55 bits per heavy atom. The van der Waals surface area contributed by atoms with Crippen molar-refractivity contribution in [2.75, 3.05) is 6.61 Å². The van der Waals surface area contributed by atoms with Crippen molar-refractivity contribution >= 4 is 21.9 Å². The first-order valence-corrected chi connectivity index (χ1v) is 4.16. The van der Waals surface area contributed by atoms with E-state index < -0.39 is 0 Å². The van der Waals surface area contributed by atoms with Crippen LogP contribution in [0.5, 0.6) is 0 Å². The molecular formula is C8H11BrO2. The lowest BCUT2D eigenvalue weighted by Crippen LogP contribution is -1.98. The van der Waals surface area contributed by atoms with E-state index in [0.717, 1.165) is 4.48 Å². The molecule has 0 N–H and O–H groups in total. The van der Waals surface area contributed by atoms with E-state index in [-0.39, 0.29) is 5.97 Å². The van der Waals surface area contributed by atoms with Gasteiger partial charge in [0.1, 0.15) is 0 Å². The lowest BCUT2D eigenvalue weighted by atomic mass is 10.4. The van der Waals surface area contributed by atoms with Gasteiger partial charge in [0.25, 0.3) is 0 Å². The molecule has 0 saturated heterocycles. The van der Waals surface area contributed by atoms with Crippen molar-refractivity contribution in [2.24, 2.45) is 0 Å². The summed E-state index contributed by atoms with van der Waals surface area (Å²) in [6.07, 6.45) is 4.88. The summed E-state index contributed by atoms with van der Waals surface area (Å²) in [7, 11) is 0. The van der Waals surface area contributed by atoms with Crippen molar-refractivity contribution < 1.29 is 9.53 Å². The highest BCUT2D eigenvalue weighted by Crippen LogP contribution is 2.05. The fourth-order valence-corrected chi connectivity index (χ4v) is 0.566. The van der Waals surface area contributed by atoms with Gasteiger partial charge in [-0.05, 0) is 19.9 Å². The monoisotopic (exact) mass is 218 g/mol. The van der Waals surface area contributed by atoms with Crippen LogP contribution >= 0.6 is 15.9 Å². The molecule has 0 aliphatic heterocycles. The minimum Gasteiger partial charge on any atom is -0.463 e. The van der Waals surface area contributed by atoms with Gasteiger partial charge in [-0.3, -0.25) is 0 Å². The zero-order valence-electron chi connectivity index (χ0n) is 6.63. The summed E-state index contributed by atoms with van der Waals surface area (Å²) < 4.78 is 5.53. The van der Waals surface area contributed by atoms with Crippen molar-refractivity contribution in [2.45, 2.75) is 13.8 Å². The standard InChI is InChI=1S/C8H11BrO2/c1-3-7(9)5-6-8(10)11-4-2/h3,5-6H,4H2,1-2H3. The first-order valence-electron chi connectivity index (χ1n) is 3.37. The molecule has 0 bridgehead atoms. The summed E-state index contributed by atoms with van der Waals surface area (Å²) in [6, 6.07) is 0. The van der Waals surface area contributed by atoms with Gasteiger partial charge in [-0.15, -0.1) is 0 Å². The fraction of sp³-hybridized carbons (Fsp3) is 0.375. The van der Waals surface area contributed by atoms with E-state index in [9.17, 15) is 4.79 Å². The van der Waals surface area contributed by atoms with Gasteiger partial charge >= 0.3 is 5.97 Å². The third-order valence-corrected chi connectivity index (χ3v) is 1.66. The number of carbonyl (C=O) groups is 1. The maximum absolute atomic E-state index is 10.7. The molecule has 0 aromatic heterocycles. The molecule has 0 aliphatic rings. The van der Waals surface area contributed by atoms with Gasteiger partial charge in [0, 0.05) is 10.6 Å². The van der Waals surface area contributed by atoms with Crippen molar-refractivity contribution in [1.82, 2.24) is 0 Å². The van der Waals surface area contributed by atoms with Gasteiger partial charge in [0.2, 0.25) is 0 Å². The highest BCUT2D eigenvalue weighted by molar-refractivity contribution is 9.11. The van der Waals surface area contributed by atoms with E-state index in [1.807, 2.05) is 13.0 Å². The lowest BCUT2D eigenvalue weighted by Gasteiger charge is -1.93. The van der Waals surface area contributed by atoms with E-state index in [0.29, 0.717) is 6.61 Å². The third-order valence-electron chi connectivity index (χ3n) is 0.941. The average molecular weight is 219 g/mol. The van der Waals surface area contributed by atoms with Crippen LogP contribution in [0.4, 0.5) is 0 Å². The maximum Gasteiger partial charge on any atom is 0.330 e. The van der Waals surface area contributed by atoms with Crippen LogP contribution in [0.3, 0.4) is 0 Å². The summed E-state index contributed by atoms with van der Waals surface area (Å²) in [5.41, 5.74) is 0. The maximum atomic E-state index is 10.7. The molecule has 3 heteroatoms. The summed E-state index contributed by atoms with van der Waals surface area (Å²) >= 11 is 3.22. The molecule has 0 aromatic carbocycles. The van der Waals surface area contributed by atoms with Gasteiger partial charge in [-0.25, -0.2) is 4.79 Å². The van der Waals surface area contributed by atoms with E-state index in [4.69, 9.17) is 0 Å². The fourth-order valence-electron chi connectivity index (χ4n) is 0.434. The molecule has 0 saturated carbocycles. The van der Waals surface area contributed by atoms with Crippen LogP contribution < -0.4 is 0 Å². The zero-order valence-corrected chi connectivity index (χ0v) is 8.22. The quantitative estimate of drug-likeness (QED) is 0.414. The molecule has 62 valence electrons. The molecule has 0 aromatic rings. The molecule has 0 fully saturated rings. The minimum absolute atomic E-state index is 0.314.